The number of methoxy groups -OCH3 is 1. The quantitative estimate of drug-likeness (QED) is 0.787. The molecule has 1 atom stereocenters. The summed E-state index contributed by atoms with van der Waals surface area (Å²) in [6, 6.07) is 9.41. The zero-order valence-electron chi connectivity index (χ0n) is 10.6. The minimum absolute atomic E-state index is 0.0461. The van der Waals surface area contributed by atoms with Crippen molar-refractivity contribution < 1.29 is 14.3 Å². The van der Waals surface area contributed by atoms with Crippen LogP contribution < -0.4 is 10.6 Å². The Labute approximate surface area is 110 Å². The van der Waals surface area contributed by atoms with Gasteiger partial charge in [-0.2, -0.15) is 0 Å². The molecule has 2 N–H and O–H groups in total. The van der Waals surface area contributed by atoms with Gasteiger partial charge in [-0.15, -0.1) is 0 Å². The zero-order chi connectivity index (χ0) is 13.7. The van der Waals surface area contributed by atoms with E-state index in [4.69, 9.17) is 0 Å². The molecule has 0 radical (unpaired) electrons. The van der Waals surface area contributed by atoms with Crippen molar-refractivity contribution in [2.45, 2.75) is 6.42 Å². The summed E-state index contributed by atoms with van der Waals surface area (Å²) in [6.07, 6.45) is 0.0461. The number of ether oxygens (including phenoxy) is 1. The van der Waals surface area contributed by atoms with Crippen molar-refractivity contribution in [1.82, 2.24) is 5.32 Å². The summed E-state index contributed by atoms with van der Waals surface area (Å²) in [5.41, 5.74) is 0.841. The van der Waals surface area contributed by atoms with E-state index in [1.807, 2.05) is 30.3 Å². The van der Waals surface area contributed by atoms with E-state index in [-0.39, 0.29) is 18.9 Å². The number of hydrogen-bond acceptors (Lipinski definition) is 5. The maximum absolute atomic E-state index is 11.8. The van der Waals surface area contributed by atoms with Gasteiger partial charge in [0.25, 0.3) is 0 Å². The van der Waals surface area contributed by atoms with E-state index in [1.165, 1.54) is 7.11 Å². The van der Waals surface area contributed by atoms with Crippen LogP contribution >= 0.6 is 0 Å². The third-order valence-corrected chi connectivity index (χ3v) is 2.76. The number of para-hydroxylation sites is 1. The van der Waals surface area contributed by atoms with Gasteiger partial charge in [-0.1, -0.05) is 18.2 Å². The standard InChI is InChI=1S/C13H15N3O3/c1-19-11(17)7-9-8-14-13(16-12(9)18)15-10-5-3-2-4-6-10/h2-6,9H,7-8H2,1H3,(H2,14,15,16,18)/t9-/m0/s1. The Balaban J connectivity index is 1.96. The molecular formula is C13H15N3O3. The molecule has 19 heavy (non-hydrogen) atoms. The van der Waals surface area contributed by atoms with Crippen LogP contribution in [0.1, 0.15) is 6.42 Å². The fourth-order valence-corrected chi connectivity index (χ4v) is 1.71. The van der Waals surface area contributed by atoms with Crippen LogP contribution in [0.25, 0.3) is 0 Å². The highest BCUT2D eigenvalue weighted by Crippen LogP contribution is 2.11. The number of esters is 1. The second-order valence-corrected chi connectivity index (χ2v) is 4.15. The van der Waals surface area contributed by atoms with Crippen LogP contribution in [0, 0.1) is 5.92 Å². The molecule has 1 heterocycles. The van der Waals surface area contributed by atoms with Crippen LogP contribution in [0.4, 0.5) is 5.69 Å². The highest BCUT2D eigenvalue weighted by atomic mass is 16.5. The highest BCUT2D eigenvalue weighted by molar-refractivity contribution is 6.06. The molecule has 0 unspecified atom stereocenters. The van der Waals surface area contributed by atoms with Crippen LogP contribution in [0.5, 0.6) is 0 Å². The van der Waals surface area contributed by atoms with E-state index in [0.717, 1.165) is 5.69 Å². The fraction of sp³-hybridized carbons (Fsp3) is 0.308. The molecule has 1 aliphatic heterocycles. The van der Waals surface area contributed by atoms with Gasteiger partial charge in [0.1, 0.15) is 0 Å². The first-order valence-electron chi connectivity index (χ1n) is 5.93. The zero-order valence-corrected chi connectivity index (χ0v) is 10.6. The van der Waals surface area contributed by atoms with E-state index in [1.54, 1.807) is 0 Å². The van der Waals surface area contributed by atoms with Gasteiger partial charge in [-0.3, -0.25) is 19.9 Å². The number of nitrogens with one attached hydrogen (secondary N) is 2. The van der Waals surface area contributed by atoms with Gasteiger partial charge in [0, 0.05) is 5.69 Å². The molecule has 1 amide bonds. The fourth-order valence-electron chi connectivity index (χ4n) is 1.71. The van der Waals surface area contributed by atoms with Crippen molar-refractivity contribution in [2.75, 3.05) is 19.0 Å². The topological polar surface area (TPSA) is 79.8 Å². The maximum atomic E-state index is 11.8. The third-order valence-electron chi connectivity index (χ3n) is 2.76. The monoisotopic (exact) mass is 261 g/mol. The molecule has 1 aromatic rings. The summed E-state index contributed by atoms with van der Waals surface area (Å²) >= 11 is 0. The molecule has 2 rings (SSSR count). The maximum Gasteiger partial charge on any atom is 0.306 e. The predicted octanol–water partition coefficient (Wildman–Crippen LogP) is 0.764. The van der Waals surface area contributed by atoms with Crippen molar-refractivity contribution in [2.24, 2.45) is 10.9 Å². The SMILES string of the molecule is COC(=O)C[C@H]1CN=C(Nc2ccccc2)NC1=O. The van der Waals surface area contributed by atoms with E-state index < -0.39 is 11.9 Å². The number of hydrogen-bond donors (Lipinski definition) is 2. The van der Waals surface area contributed by atoms with Crippen LogP contribution in [0.3, 0.4) is 0 Å². The largest absolute Gasteiger partial charge is 0.469 e. The molecule has 6 nitrogen and oxygen atoms in total. The highest BCUT2D eigenvalue weighted by Gasteiger charge is 2.26. The molecule has 0 spiro atoms. The van der Waals surface area contributed by atoms with Crippen molar-refractivity contribution in [3.8, 4) is 0 Å². The van der Waals surface area contributed by atoms with Gasteiger partial charge in [0.05, 0.1) is 26.0 Å². The van der Waals surface area contributed by atoms with Gasteiger partial charge >= 0.3 is 5.97 Å². The Morgan fingerprint density at radius 3 is 2.84 bits per heavy atom. The molecule has 1 aliphatic rings. The average molecular weight is 261 g/mol. The number of guanidine groups is 1. The van der Waals surface area contributed by atoms with E-state index in [0.29, 0.717) is 5.96 Å². The lowest BCUT2D eigenvalue weighted by molar-refractivity contribution is -0.143. The van der Waals surface area contributed by atoms with Gasteiger partial charge < -0.3 is 10.1 Å². The summed E-state index contributed by atoms with van der Waals surface area (Å²) in [7, 11) is 1.30. The number of amides is 1. The summed E-state index contributed by atoms with van der Waals surface area (Å²) in [5, 5.41) is 5.64. The molecule has 0 aliphatic carbocycles. The van der Waals surface area contributed by atoms with Crippen LogP contribution in [0.2, 0.25) is 0 Å². The summed E-state index contributed by atoms with van der Waals surface area (Å²) < 4.78 is 4.54. The van der Waals surface area contributed by atoms with E-state index in [2.05, 4.69) is 20.4 Å². The lowest BCUT2D eigenvalue weighted by Gasteiger charge is -2.21. The number of rotatable bonds is 3. The van der Waals surface area contributed by atoms with Crippen LogP contribution in [0.15, 0.2) is 35.3 Å². The number of carbonyl (C=O) groups excluding carboxylic acids is 2. The minimum Gasteiger partial charge on any atom is -0.469 e. The first-order valence-corrected chi connectivity index (χ1v) is 5.93. The smallest absolute Gasteiger partial charge is 0.306 e. The number of nitrogens with zero attached hydrogens (tertiary/aromatic N) is 1. The first-order chi connectivity index (χ1) is 9.19. The molecular weight excluding hydrogens is 246 g/mol. The van der Waals surface area contributed by atoms with Gasteiger partial charge in [0.15, 0.2) is 0 Å². The first kappa shape index (κ1) is 13.1. The summed E-state index contributed by atoms with van der Waals surface area (Å²) in [6.45, 7) is 0.274. The predicted molar refractivity (Wildman–Crippen MR) is 70.6 cm³/mol. The van der Waals surface area contributed by atoms with Crippen LogP contribution in [-0.4, -0.2) is 31.5 Å². The molecule has 0 aromatic heterocycles. The molecule has 6 heteroatoms. The second kappa shape index (κ2) is 5.99. The van der Waals surface area contributed by atoms with Gasteiger partial charge in [-0.05, 0) is 12.1 Å². The lowest BCUT2D eigenvalue weighted by Crippen LogP contribution is -2.45. The minimum atomic E-state index is -0.464. The van der Waals surface area contributed by atoms with Gasteiger partial charge in [-0.25, -0.2) is 0 Å². The Kier molecular flexibility index (Phi) is 4.12. The molecule has 100 valence electrons. The van der Waals surface area contributed by atoms with Crippen LogP contribution in [-0.2, 0) is 14.3 Å². The number of benzene rings is 1. The number of aliphatic imine (C=N–C) groups is 1. The summed E-state index contributed by atoms with van der Waals surface area (Å²) in [5.74, 6) is -0.695. The average Bonchev–Trinajstić information content (AvgIpc) is 2.43. The molecule has 1 aromatic carbocycles. The normalized spacial score (nSPS) is 18.3. The van der Waals surface area contributed by atoms with Crippen molar-refractivity contribution >= 4 is 23.5 Å². The Bertz CT molecular complexity index is 499. The Morgan fingerprint density at radius 1 is 1.47 bits per heavy atom. The second-order valence-electron chi connectivity index (χ2n) is 4.15. The molecule has 0 fully saturated rings. The third kappa shape index (κ3) is 3.54. The lowest BCUT2D eigenvalue weighted by atomic mass is 10.0. The van der Waals surface area contributed by atoms with Gasteiger partial charge in [0.2, 0.25) is 11.9 Å². The van der Waals surface area contributed by atoms with E-state index >= 15 is 0 Å². The summed E-state index contributed by atoms with van der Waals surface area (Å²) in [4.78, 5) is 27.1. The number of carbonyl (C=O) groups is 2. The molecule has 0 bridgehead atoms. The van der Waals surface area contributed by atoms with Crippen molar-refractivity contribution in [1.29, 1.82) is 0 Å². The Morgan fingerprint density at radius 2 is 2.21 bits per heavy atom. The molecule has 0 saturated heterocycles. The van der Waals surface area contributed by atoms with Crippen molar-refractivity contribution in [3.05, 3.63) is 30.3 Å². The molecule has 0 saturated carbocycles. The Hall–Kier alpha value is -2.37. The van der Waals surface area contributed by atoms with Crippen molar-refractivity contribution in [3.63, 3.8) is 0 Å². The van der Waals surface area contributed by atoms with E-state index in [9.17, 15) is 9.59 Å². The number of anilines is 1.